The second-order valence-corrected chi connectivity index (χ2v) is 6.06. The highest BCUT2D eigenvalue weighted by molar-refractivity contribution is 7.80. The third kappa shape index (κ3) is 5.62. The summed E-state index contributed by atoms with van der Waals surface area (Å²) in [4.78, 5) is 0. The molecule has 0 aliphatic carbocycles. The summed E-state index contributed by atoms with van der Waals surface area (Å²) in [5, 5.41) is 6.43. The molecule has 0 unspecified atom stereocenters. The average Bonchev–Trinajstić information content (AvgIpc) is 2.69. The molecule has 3 aromatic rings. The zero-order valence-corrected chi connectivity index (χ0v) is 15.3. The van der Waals surface area contributed by atoms with Gasteiger partial charge in [0.25, 0.3) is 0 Å². The van der Waals surface area contributed by atoms with Crippen LogP contribution in [0.25, 0.3) is 0 Å². The van der Waals surface area contributed by atoms with Crippen LogP contribution in [0.1, 0.15) is 11.1 Å². The summed E-state index contributed by atoms with van der Waals surface area (Å²) in [6.45, 7) is 0.152. The average molecular weight is 380 g/mol. The first-order chi connectivity index (χ1) is 13.2. The topological polar surface area (TPSA) is 47.3 Å². The lowest BCUT2D eigenvalue weighted by Crippen LogP contribution is -2.82. The first-order valence-electron chi connectivity index (χ1n) is 8.38. The van der Waals surface area contributed by atoms with Gasteiger partial charge in [-0.15, -0.1) is 10.5 Å². The van der Waals surface area contributed by atoms with Gasteiger partial charge in [-0.1, -0.05) is 48.5 Å². The minimum Gasteiger partial charge on any atom is -0.488 e. The van der Waals surface area contributed by atoms with Crippen molar-refractivity contribution >= 4 is 29.2 Å². The van der Waals surface area contributed by atoms with E-state index in [4.69, 9.17) is 17.0 Å². The predicted octanol–water partition coefficient (Wildman–Crippen LogP) is 2.81. The number of benzene rings is 3. The van der Waals surface area contributed by atoms with Crippen LogP contribution < -0.4 is 20.6 Å². The lowest BCUT2D eigenvalue weighted by atomic mass is 10.2. The summed E-state index contributed by atoms with van der Waals surface area (Å²) in [5.74, 6) is 0.355. The zero-order valence-electron chi connectivity index (χ0n) is 14.5. The number of hydrazine groups is 1. The molecule has 3 N–H and O–H groups in total. The molecule has 0 saturated heterocycles. The van der Waals surface area contributed by atoms with E-state index in [1.807, 2.05) is 54.6 Å². The van der Waals surface area contributed by atoms with Gasteiger partial charge >= 0.3 is 0 Å². The maximum Gasteiger partial charge on any atom is 0.228 e. The molecule has 0 saturated carbocycles. The van der Waals surface area contributed by atoms with Crippen molar-refractivity contribution < 1.29 is 14.2 Å². The van der Waals surface area contributed by atoms with Gasteiger partial charge in [0, 0.05) is 11.3 Å². The quantitative estimate of drug-likeness (QED) is 0.350. The van der Waals surface area contributed by atoms with Gasteiger partial charge in [0.05, 0.1) is 5.56 Å². The number of thiocarbonyl (C=S) groups is 1. The van der Waals surface area contributed by atoms with E-state index in [0.717, 1.165) is 11.3 Å². The van der Waals surface area contributed by atoms with Crippen LogP contribution in [0, 0.1) is 5.82 Å². The molecule has 3 rings (SSSR count). The number of rotatable bonds is 6. The molecule has 0 spiro atoms. The van der Waals surface area contributed by atoms with E-state index in [1.54, 1.807) is 24.4 Å². The monoisotopic (exact) mass is 380 g/mol. The van der Waals surface area contributed by atoms with Crippen LogP contribution >= 0.6 is 12.2 Å². The Labute approximate surface area is 162 Å². The van der Waals surface area contributed by atoms with Crippen molar-refractivity contribution in [1.29, 1.82) is 0 Å². The molecule has 0 amide bonds. The number of ether oxygens (including phenoxy) is 1. The number of para-hydroxylation sites is 2. The van der Waals surface area contributed by atoms with Crippen LogP contribution in [0.3, 0.4) is 0 Å². The Morgan fingerprint density at radius 1 is 0.963 bits per heavy atom. The Bertz CT molecular complexity index is 931. The van der Waals surface area contributed by atoms with Crippen molar-refractivity contribution in [2.24, 2.45) is 0 Å². The van der Waals surface area contributed by atoms with Crippen molar-refractivity contribution in [1.82, 2.24) is 5.43 Å². The highest BCUT2D eigenvalue weighted by Gasteiger charge is 2.06. The fourth-order valence-corrected chi connectivity index (χ4v) is 2.54. The van der Waals surface area contributed by atoms with Crippen LogP contribution in [0.4, 0.5) is 10.1 Å². The number of hydrazone groups is 1. The fraction of sp³-hybridized carbons (Fsp3) is 0.0476. The summed E-state index contributed by atoms with van der Waals surface area (Å²) < 4.78 is 19.5. The minimum absolute atomic E-state index is 0.152. The summed E-state index contributed by atoms with van der Waals surface area (Å²) >= 11 is 5.24. The molecule has 0 aromatic heterocycles. The molecule has 0 heterocycles. The lowest BCUT2D eigenvalue weighted by Gasteiger charge is -2.08. The number of halogens is 1. The van der Waals surface area contributed by atoms with Gasteiger partial charge in [-0.2, -0.15) is 0 Å². The van der Waals surface area contributed by atoms with Gasteiger partial charge in [-0.05, 0) is 42.5 Å². The Morgan fingerprint density at radius 3 is 2.48 bits per heavy atom. The summed E-state index contributed by atoms with van der Waals surface area (Å²) in [6, 6.07) is 23.7. The number of hydrogen-bond donors (Lipinski definition) is 3. The molecule has 0 fully saturated rings. The van der Waals surface area contributed by atoms with Crippen molar-refractivity contribution in [3.05, 3.63) is 95.8 Å². The normalized spacial score (nSPS) is 10.6. The van der Waals surface area contributed by atoms with E-state index in [2.05, 4.69) is 15.8 Å². The fourth-order valence-electron chi connectivity index (χ4n) is 2.37. The molecule has 4 nitrogen and oxygen atoms in total. The van der Waals surface area contributed by atoms with E-state index >= 15 is 0 Å². The van der Waals surface area contributed by atoms with Gasteiger partial charge in [0.2, 0.25) is 11.3 Å². The van der Waals surface area contributed by atoms with Crippen LogP contribution in [0.5, 0.6) is 5.75 Å². The van der Waals surface area contributed by atoms with E-state index in [0.29, 0.717) is 16.4 Å². The molecule has 0 aliphatic rings. The molecule has 136 valence electrons. The Morgan fingerprint density at radius 2 is 1.67 bits per heavy atom. The Hall–Kier alpha value is -3.25. The molecule has 3 aromatic carbocycles. The van der Waals surface area contributed by atoms with E-state index in [1.165, 1.54) is 6.07 Å². The highest BCUT2D eigenvalue weighted by Crippen LogP contribution is 2.17. The van der Waals surface area contributed by atoms with E-state index in [9.17, 15) is 4.39 Å². The SMILES string of the molecule is Fc1ccccc1COc1ccccc1C=[NH+]NC(=S)Nc1ccccc1. The second-order valence-electron chi connectivity index (χ2n) is 5.65. The van der Waals surface area contributed by atoms with Gasteiger partial charge < -0.3 is 10.1 Å². The summed E-state index contributed by atoms with van der Waals surface area (Å²) in [5.41, 5.74) is 5.10. The maximum absolute atomic E-state index is 13.7. The number of hydrogen-bond acceptors (Lipinski definition) is 2. The Kier molecular flexibility index (Phi) is 6.49. The largest absolute Gasteiger partial charge is 0.488 e. The van der Waals surface area contributed by atoms with Crippen LogP contribution in [-0.2, 0) is 6.61 Å². The molecular formula is C21H19FN3OS+. The second kappa shape index (κ2) is 9.45. The molecule has 0 aliphatic heterocycles. The third-order valence-corrected chi connectivity index (χ3v) is 3.91. The standard InChI is InChI=1S/C21H18FN3OS/c22-19-12-6-4-9-17(19)15-26-20-13-7-5-8-16(20)14-23-25-21(27)24-18-10-2-1-3-11-18/h1-14H,15H2,(H2,24,25,27)/p+1. The summed E-state index contributed by atoms with van der Waals surface area (Å²) in [6.07, 6.45) is 1.73. The van der Waals surface area contributed by atoms with Crippen LogP contribution in [0.2, 0.25) is 0 Å². The lowest BCUT2D eigenvalue weighted by molar-refractivity contribution is -0.499. The number of nitrogens with one attached hydrogen (secondary N) is 3. The highest BCUT2D eigenvalue weighted by atomic mass is 32.1. The van der Waals surface area contributed by atoms with Gasteiger partial charge in [0.15, 0.2) is 0 Å². The van der Waals surface area contributed by atoms with E-state index < -0.39 is 0 Å². The molecule has 0 atom stereocenters. The van der Waals surface area contributed by atoms with E-state index in [-0.39, 0.29) is 12.4 Å². The van der Waals surface area contributed by atoms with Crippen molar-refractivity contribution in [2.45, 2.75) is 6.61 Å². The summed E-state index contributed by atoms with van der Waals surface area (Å²) in [7, 11) is 0. The first kappa shape index (κ1) is 18.5. The van der Waals surface area contributed by atoms with Crippen molar-refractivity contribution in [3.63, 3.8) is 0 Å². The maximum atomic E-state index is 13.7. The van der Waals surface area contributed by atoms with Gasteiger partial charge in [0.1, 0.15) is 18.2 Å². The van der Waals surface area contributed by atoms with Gasteiger partial charge in [-0.25, -0.2) is 4.39 Å². The smallest absolute Gasteiger partial charge is 0.228 e. The number of anilines is 1. The first-order valence-corrected chi connectivity index (χ1v) is 8.79. The van der Waals surface area contributed by atoms with Crippen molar-refractivity contribution in [2.75, 3.05) is 5.32 Å². The molecular weight excluding hydrogens is 361 g/mol. The third-order valence-electron chi connectivity index (χ3n) is 3.71. The molecule has 0 bridgehead atoms. The molecule has 6 heteroatoms. The molecule has 27 heavy (non-hydrogen) atoms. The van der Waals surface area contributed by atoms with Crippen molar-refractivity contribution in [3.8, 4) is 5.75 Å². The molecule has 0 radical (unpaired) electrons. The Balaban J connectivity index is 1.59. The minimum atomic E-state index is -0.281. The van der Waals surface area contributed by atoms with Crippen LogP contribution in [0.15, 0.2) is 78.9 Å². The predicted molar refractivity (Wildman–Crippen MR) is 109 cm³/mol. The zero-order chi connectivity index (χ0) is 18.9. The van der Waals surface area contributed by atoms with Gasteiger partial charge in [-0.3, -0.25) is 0 Å². The van der Waals surface area contributed by atoms with Crippen LogP contribution in [-0.4, -0.2) is 11.3 Å².